The highest BCUT2D eigenvalue weighted by molar-refractivity contribution is 7.89. The molecule has 7 nitrogen and oxygen atoms in total. The quantitative estimate of drug-likeness (QED) is 0.449. The van der Waals surface area contributed by atoms with Crippen molar-refractivity contribution in [1.29, 1.82) is 0 Å². The molecule has 9 heteroatoms. The molecule has 0 spiro atoms. The Morgan fingerprint density at radius 3 is 2.32 bits per heavy atom. The van der Waals surface area contributed by atoms with Crippen molar-refractivity contribution < 1.29 is 22.7 Å². The standard InChI is InChI=1S/C22H25ClN2O5S/c1-4-25(5-2)31(28,29)18-10-7-17(8-11-18)9-13-22(27)30-15-21(26)24-20-12-6-16(3)14-19(20)23/h6-14H,4-5,15H2,1-3H3,(H,24,26). The fraction of sp³-hybridized carbons (Fsp3) is 0.273. The maximum atomic E-state index is 12.5. The number of hydrogen-bond acceptors (Lipinski definition) is 5. The van der Waals surface area contributed by atoms with Gasteiger partial charge in [0.2, 0.25) is 10.0 Å². The Morgan fingerprint density at radius 2 is 1.74 bits per heavy atom. The van der Waals surface area contributed by atoms with Crippen molar-refractivity contribution in [3.8, 4) is 0 Å². The van der Waals surface area contributed by atoms with Gasteiger partial charge in [-0.25, -0.2) is 13.2 Å². The molecule has 0 atom stereocenters. The van der Waals surface area contributed by atoms with E-state index in [1.54, 1.807) is 44.2 Å². The van der Waals surface area contributed by atoms with Crippen molar-refractivity contribution in [1.82, 2.24) is 4.31 Å². The van der Waals surface area contributed by atoms with Crippen LogP contribution in [-0.2, 0) is 24.3 Å². The van der Waals surface area contributed by atoms with E-state index in [4.69, 9.17) is 16.3 Å². The van der Waals surface area contributed by atoms with Gasteiger partial charge in [-0.1, -0.05) is 43.6 Å². The summed E-state index contributed by atoms with van der Waals surface area (Å²) in [6.45, 7) is 5.74. The Morgan fingerprint density at radius 1 is 1.10 bits per heavy atom. The van der Waals surface area contributed by atoms with E-state index in [0.717, 1.165) is 5.56 Å². The molecule has 0 saturated carbocycles. The SMILES string of the molecule is CCN(CC)S(=O)(=O)c1ccc(C=CC(=O)OCC(=O)Nc2ccc(C)cc2Cl)cc1. The molecule has 2 aromatic carbocycles. The highest BCUT2D eigenvalue weighted by Gasteiger charge is 2.20. The monoisotopic (exact) mass is 464 g/mol. The summed E-state index contributed by atoms with van der Waals surface area (Å²) in [5.74, 6) is -1.22. The second-order valence-electron chi connectivity index (χ2n) is 6.63. The highest BCUT2D eigenvalue weighted by atomic mass is 35.5. The van der Waals surface area contributed by atoms with Gasteiger partial charge in [0, 0.05) is 19.2 Å². The minimum atomic E-state index is -3.54. The second kappa shape index (κ2) is 11.1. The van der Waals surface area contributed by atoms with Crippen LogP contribution in [0.25, 0.3) is 6.08 Å². The summed E-state index contributed by atoms with van der Waals surface area (Å²) in [6, 6.07) is 11.3. The third kappa shape index (κ3) is 6.92. The molecule has 0 fully saturated rings. The van der Waals surface area contributed by atoms with Gasteiger partial charge in [-0.2, -0.15) is 4.31 Å². The maximum Gasteiger partial charge on any atom is 0.331 e. The van der Waals surface area contributed by atoms with Crippen molar-refractivity contribution >= 4 is 45.3 Å². The largest absolute Gasteiger partial charge is 0.452 e. The van der Waals surface area contributed by atoms with Crippen molar-refractivity contribution in [3.63, 3.8) is 0 Å². The fourth-order valence-corrected chi connectivity index (χ4v) is 4.46. The lowest BCUT2D eigenvalue weighted by molar-refractivity contribution is -0.142. The Labute approximate surface area is 187 Å². The lowest BCUT2D eigenvalue weighted by atomic mass is 10.2. The average molecular weight is 465 g/mol. The molecule has 0 aliphatic rings. The number of nitrogens with one attached hydrogen (secondary N) is 1. The first-order valence-electron chi connectivity index (χ1n) is 9.68. The number of anilines is 1. The molecule has 1 amide bonds. The van der Waals surface area contributed by atoms with Gasteiger partial charge >= 0.3 is 5.97 Å². The fourth-order valence-electron chi connectivity index (χ4n) is 2.72. The minimum Gasteiger partial charge on any atom is -0.452 e. The molecule has 0 unspecified atom stereocenters. The van der Waals surface area contributed by atoms with Crippen LogP contribution < -0.4 is 5.32 Å². The number of ether oxygens (including phenoxy) is 1. The molecule has 0 aliphatic carbocycles. The van der Waals surface area contributed by atoms with Crippen LogP contribution in [0.3, 0.4) is 0 Å². The predicted octanol–water partition coefficient (Wildman–Crippen LogP) is 3.87. The zero-order valence-corrected chi connectivity index (χ0v) is 19.2. The van der Waals surface area contributed by atoms with E-state index in [1.807, 2.05) is 6.92 Å². The number of benzene rings is 2. The Bertz CT molecular complexity index is 1060. The van der Waals surface area contributed by atoms with Crippen LogP contribution in [-0.4, -0.2) is 44.3 Å². The van der Waals surface area contributed by atoms with E-state index in [1.165, 1.54) is 28.6 Å². The number of carbonyl (C=O) groups is 2. The number of sulfonamides is 1. The zero-order chi connectivity index (χ0) is 23.0. The molecule has 0 bridgehead atoms. The number of rotatable bonds is 9. The van der Waals surface area contributed by atoms with Crippen LogP contribution in [0, 0.1) is 6.92 Å². The van der Waals surface area contributed by atoms with E-state index in [2.05, 4.69) is 5.32 Å². The average Bonchev–Trinajstić information content (AvgIpc) is 2.73. The highest BCUT2D eigenvalue weighted by Crippen LogP contribution is 2.22. The molecule has 0 aliphatic heterocycles. The van der Waals surface area contributed by atoms with Crippen LogP contribution in [0.2, 0.25) is 5.02 Å². The molecular formula is C22H25ClN2O5S. The van der Waals surface area contributed by atoms with Gasteiger partial charge in [0.1, 0.15) is 0 Å². The van der Waals surface area contributed by atoms with E-state index in [9.17, 15) is 18.0 Å². The van der Waals surface area contributed by atoms with Crippen molar-refractivity contribution in [2.45, 2.75) is 25.7 Å². The van der Waals surface area contributed by atoms with Crippen LogP contribution in [0.15, 0.2) is 53.4 Å². The number of esters is 1. The molecule has 0 aromatic heterocycles. The number of carbonyl (C=O) groups excluding carboxylic acids is 2. The molecule has 2 rings (SSSR count). The van der Waals surface area contributed by atoms with Crippen LogP contribution in [0.5, 0.6) is 0 Å². The van der Waals surface area contributed by atoms with Crippen molar-refractivity contribution in [3.05, 3.63) is 64.7 Å². The van der Waals surface area contributed by atoms with Gasteiger partial charge in [-0.15, -0.1) is 0 Å². The van der Waals surface area contributed by atoms with Gasteiger partial charge in [0.25, 0.3) is 5.91 Å². The number of hydrogen-bond donors (Lipinski definition) is 1. The summed E-state index contributed by atoms with van der Waals surface area (Å²) in [5.41, 5.74) is 2.01. The zero-order valence-electron chi connectivity index (χ0n) is 17.6. The van der Waals surface area contributed by atoms with Crippen molar-refractivity contribution in [2.75, 3.05) is 25.0 Å². The van der Waals surface area contributed by atoms with Gasteiger partial charge in [-0.3, -0.25) is 4.79 Å². The molecule has 31 heavy (non-hydrogen) atoms. The summed E-state index contributed by atoms with van der Waals surface area (Å²) in [5, 5.41) is 2.97. The Hall–Kier alpha value is -2.68. The van der Waals surface area contributed by atoms with Gasteiger partial charge in [0.15, 0.2) is 6.61 Å². The van der Waals surface area contributed by atoms with E-state index in [0.29, 0.717) is 29.4 Å². The molecule has 2 aromatic rings. The van der Waals surface area contributed by atoms with Crippen LogP contribution in [0.1, 0.15) is 25.0 Å². The number of halogens is 1. The first kappa shape index (κ1) is 24.6. The van der Waals surface area contributed by atoms with Gasteiger partial charge in [-0.05, 0) is 48.4 Å². The maximum absolute atomic E-state index is 12.5. The summed E-state index contributed by atoms with van der Waals surface area (Å²) in [7, 11) is -3.54. The first-order valence-corrected chi connectivity index (χ1v) is 11.5. The first-order chi connectivity index (χ1) is 14.7. The van der Waals surface area contributed by atoms with Crippen LogP contribution >= 0.6 is 11.6 Å². The van der Waals surface area contributed by atoms with E-state index in [-0.39, 0.29) is 4.90 Å². The summed E-state index contributed by atoms with van der Waals surface area (Å²) >= 11 is 6.05. The minimum absolute atomic E-state index is 0.183. The molecular weight excluding hydrogens is 440 g/mol. The Balaban J connectivity index is 1.90. The number of nitrogens with zero attached hydrogens (tertiary/aromatic N) is 1. The molecule has 1 N–H and O–H groups in total. The number of aryl methyl sites for hydroxylation is 1. The lowest BCUT2D eigenvalue weighted by Gasteiger charge is -2.18. The summed E-state index contributed by atoms with van der Waals surface area (Å²) < 4.78 is 31.2. The third-order valence-electron chi connectivity index (χ3n) is 4.38. The second-order valence-corrected chi connectivity index (χ2v) is 8.98. The Kier molecular flexibility index (Phi) is 8.79. The van der Waals surface area contributed by atoms with E-state index >= 15 is 0 Å². The van der Waals surface area contributed by atoms with Crippen molar-refractivity contribution in [2.24, 2.45) is 0 Å². The normalized spacial score (nSPS) is 11.6. The summed E-state index contributed by atoms with van der Waals surface area (Å²) in [4.78, 5) is 24.0. The molecule has 0 heterocycles. The van der Waals surface area contributed by atoms with Gasteiger partial charge in [0.05, 0.1) is 15.6 Å². The third-order valence-corrected chi connectivity index (χ3v) is 6.76. The molecule has 0 radical (unpaired) electrons. The number of amides is 1. The molecule has 0 saturated heterocycles. The summed E-state index contributed by atoms with van der Waals surface area (Å²) in [6.07, 6.45) is 2.64. The topological polar surface area (TPSA) is 92.8 Å². The van der Waals surface area contributed by atoms with Gasteiger partial charge < -0.3 is 10.1 Å². The predicted molar refractivity (Wildman–Crippen MR) is 121 cm³/mol. The molecule has 166 valence electrons. The van der Waals surface area contributed by atoms with Crippen LogP contribution in [0.4, 0.5) is 5.69 Å². The van der Waals surface area contributed by atoms with E-state index < -0.39 is 28.5 Å². The smallest absolute Gasteiger partial charge is 0.331 e. The lowest BCUT2D eigenvalue weighted by Crippen LogP contribution is -2.30.